The largest absolute Gasteiger partial charge is 0.352 e. The first-order chi connectivity index (χ1) is 10.7. The molecule has 0 saturated heterocycles. The van der Waals surface area contributed by atoms with Gasteiger partial charge in [-0.2, -0.15) is 0 Å². The molecule has 3 aromatic rings. The highest BCUT2D eigenvalue weighted by Crippen LogP contribution is 2.29. The van der Waals surface area contributed by atoms with Crippen LogP contribution in [0.25, 0.3) is 10.6 Å². The van der Waals surface area contributed by atoms with E-state index in [0.717, 1.165) is 21.0 Å². The van der Waals surface area contributed by atoms with Gasteiger partial charge in [0.15, 0.2) is 0 Å². The highest BCUT2D eigenvalue weighted by atomic mass is 35.5. The van der Waals surface area contributed by atoms with E-state index in [0.29, 0.717) is 18.0 Å². The van der Waals surface area contributed by atoms with E-state index in [4.69, 9.17) is 11.6 Å². The predicted molar refractivity (Wildman–Crippen MR) is 92.4 cm³/mol. The Morgan fingerprint density at radius 1 is 1.18 bits per heavy atom. The minimum absolute atomic E-state index is 0.00277. The smallest absolute Gasteiger partial charge is 0.225 e. The first-order valence-corrected chi connectivity index (χ1v) is 8.83. The van der Waals surface area contributed by atoms with Crippen LogP contribution in [0.15, 0.2) is 47.3 Å². The van der Waals surface area contributed by atoms with Gasteiger partial charge in [-0.25, -0.2) is 4.98 Å². The van der Waals surface area contributed by atoms with E-state index >= 15 is 0 Å². The van der Waals surface area contributed by atoms with Gasteiger partial charge >= 0.3 is 0 Å². The molecule has 0 unspecified atom stereocenters. The summed E-state index contributed by atoms with van der Waals surface area (Å²) in [6.07, 6.45) is 0.353. The standard InChI is InChI=1S/C16H13ClN2OS2/c17-12-5-3-11(4-6-12)9-18-15(20)8-14-16(19-10-22-14)13-2-1-7-21-13/h1-7,10H,8-9H2,(H,18,20). The second kappa shape index (κ2) is 7.05. The lowest BCUT2D eigenvalue weighted by Crippen LogP contribution is -2.24. The number of amides is 1. The predicted octanol–water partition coefficient (Wildman–Crippen LogP) is 4.38. The van der Waals surface area contributed by atoms with Crippen molar-refractivity contribution in [2.75, 3.05) is 0 Å². The Morgan fingerprint density at radius 3 is 2.73 bits per heavy atom. The van der Waals surface area contributed by atoms with Crippen LogP contribution in [-0.4, -0.2) is 10.9 Å². The van der Waals surface area contributed by atoms with E-state index in [2.05, 4.69) is 10.3 Å². The number of aromatic nitrogens is 1. The molecule has 22 heavy (non-hydrogen) atoms. The summed E-state index contributed by atoms with van der Waals surface area (Å²) in [6.45, 7) is 0.503. The summed E-state index contributed by atoms with van der Waals surface area (Å²) in [5.41, 5.74) is 3.74. The number of carbonyl (C=O) groups is 1. The molecule has 3 rings (SSSR count). The minimum atomic E-state index is -0.00277. The number of nitrogens with zero attached hydrogens (tertiary/aromatic N) is 1. The zero-order valence-electron chi connectivity index (χ0n) is 11.6. The number of nitrogens with one attached hydrogen (secondary N) is 1. The zero-order chi connectivity index (χ0) is 15.4. The number of hydrogen-bond donors (Lipinski definition) is 1. The van der Waals surface area contributed by atoms with Crippen molar-refractivity contribution in [1.82, 2.24) is 10.3 Å². The highest BCUT2D eigenvalue weighted by Gasteiger charge is 2.13. The average Bonchev–Trinajstić information content (AvgIpc) is 3.17. The van der Waals surface area contributed by atoms with Crippen molar-refractivity contribution in [3.63, 3.8) is 0 Å². The van der Waals surface area contributed by atoms with Gasteiger partial charge < -0.3 is 5.32 Å². The molecule has 0 aliphatic rings. The van der Waals surface area contributed by atoms with E-state index in [1.165, 1.54) is 11.3 Å². The third-order valence-electron chi connectivity index (χ3n) is 3.12. The number of carbonyl (C=O) groups excluding carboxylic acids is 1. The van der Waals surface area contributed by atoms with E-state index < -0.39 is 0 Å². The molecule has 0 radical (unpaired) electrons. The monoisotopic (exact) mass is 348 g/mol. The maximum Gasteiger partial charge on any atom is 0.225 e. The normalized spacial score (nSPS) is 10.6. The topological polar surface area (TPSA) is 42.0 Å². The molecular weight excluding hydrogens is 336 g/mol. The molecule has 0 atom stereocenters. The first-order valence-electron chi connectivity index (χ1n) is 6.70. The fourth-order valence-electron chi connectivity index (χ4n) is 2.02. The Bertz CT molecular complexity index is 751. The van der Waals surface area contributed by atoms with Crippen molar-refractivity contribution in [2.24, 2.45) is 0 Å². The second-order valence-corrected chi connectivity index (χ2v) is 7.00. The van der Waals surface area contributed by atoms with Crippen LogP contribution in [0.4, 0.5) is 0 Å². The lowest BCUT2D eigenvalue weighted by molar-refractivity contribution is -0.120. The summed E-state index contributed by atoms with van der Waals surface area (Å²) in [4.78, 5) is 18.6. The Kier molecular flexibility index (Phi) is 4.87. The maximum atomic E-state index is 12.1. The number of thiophene rings is 1. The summed E-state index contributed by atoms with van der Waals surface area (Å²) in [6, 6.07) is 11.5. The molecule has 0 bridgehead atoms. The minimum Gasteiger partial charge on any atom is -0.352 e. The first kappa shape index (κ1) is 15.2. The van der Waals surface area contributed by atoms with Crippen molar-refractivity contribution in [2.45, 2.75) is 13.0 Å². The second-order valence-electron chi connectivity index (χ2n) is 4.68. The quantitative estimate of drug-likeness (QED) is 0.743. The van der Waals surface area contributed by atoms with E-state index in [1.54, 1.807) is 16.8 Å². The number of rotatable bonds is 5. The number of halogens is 1. The van der Waals surface area contributed by atoms with Crippen molar-refractivity contribution < 1.29 is 4.79 Å². The van der Waals surface area contributed by atoms with Crippen LogP contribution in [-0.2, 0) is 17.8 Å². The molecule has 0 fully saturated rings. The van der Waals surface area contributed by atoms with Crippen LogP contribution in [0.1, 0.15) is 10.4 Å². The Balaban J connectivity index is 1.61. The van der Waals surface area contributed by atoms with Gasteiger partial charge in [-0.15, -0.1) is 22.7 Å². The zero-order valence-corrected chi connectivity index (χ0v) is 14.0. The SMILES string of the molecule is O=C(Cc1scnc1-c1cccs1)NCc1ccc(Cl)cc1. The molecule has 112 valence electrons. The van der Waals surface area contributed by atoms with Crippen molar-refractivity contribution in [3.05, 3.63) is 62.8 Å². The molecule has 1 amide bonds. The Labute approximate surface area is 141 Å². The number of thiazole rings is 1. The van der Waals surface area contributed by atoms with Crippen LogP contribution in [0.3, 0.4) is 0 Å². The van der Waals surface area contributed by atoms with Crippen LogP contribution in [0, 0.1) is 0 Å². The van der Waals surface area contributed by atoms with Crippen LogP contribution >= 0.6 is 34.3 Å². The Morgan fingerprint density at radius 2 is 2.00 bits per heavy atom. The molecule has 6 heteroatoms. The fraction of sp³-hybridized carbons (Fsp3) is 0.125. The highest BCUT2D eigenvalue weighted by molar-refractivity contribution is 7.14. The number of hydrogen-bond acceptors (Lipinski definition) is 4. The molecule has 2 heterocycles. The van der Waals surface area contributed by atoms with Gasteiger partial charge in [0.25, 0.3) is 0 Å². The van der Waals surface area contributed by atoms with Gasteiger partial charge in [-0.05, 0) is 29.1 Å². The van der Waals surface area contributed by atoms with Crippen LogP contribution in [0.2, 0.25) is 5.02 Å². The van der Waals surface area contributed by atoms with E-state index in [-0.39, 0.29) is 5.91 Å². The number of benzene rings is 1. The Hall–Kier alpha value is -1.69. The van der Waals surface area contributed by atoms with Gasteiger partial charge in [0.1, 0.15) is 0 Å². The lowest BCUT2D eigenvalue weighted by atomic mass is 10.2. The third-order valence-corrected chi connectivity index (χ3v) is 5.08. The van der Waals surface area contributed by atoms with E-state index in [1.807, 2.05) is 41.8 Å². The lowest BCUT2D eigenvalue weighted by Gasteiger charge is -2.05. The van der Waals surface area contributed by atoms with Gasteiger partial charge in [0.2, 0.25) is 5.91 Å². The maximum absolute atomic E-state index is 12.1. The van der Waals surface area contributed by atoms with Crippen LogP contribution < -0.4 is 5.32 Å². The molecule has 1 N–H and O–H groups in total. The summed E-state index contributed by atoms with van der Waals surface area (Å²) >= 11 is 8.99. The summed E-state index contributed by atoms with van der Waals surface area (Å²) in [7, 11) is 0. The molecule has 0 aliphatic carbocycles. The molecule has 0 aliphatic heterocycles. The van der Waals surface area contributed by atoms with Crippen molar-refractivity contribution in [1.29, 1.82) is 0 Å². The summed E-state index contributed by atoms with van der Waals surface area (Å²) in [5.74, 6) is -0.00277. The molecule has 0 saturated carbocycles. The van der Waals surface area contributed by atoms with Gasteiger partial charge in [-0.1, -0.05) is 29.8 Å². The molecular formula is C16H13ClN2OS2. The molecule has 2 aromatic heterocycles. The van der Waals surface area contributed by atoms with E-state index in [9.17, 15) is 4.79 Å². The van der Waals surface area contributed by atoms with Crippen molar-refractivity contribution >= 4 is 40.2 Å². The molecule has 0 spiro atoms. The summed E-state index contributed by atoms with van der Waals surface area (Å²) < 4.78 is 0. The summed E-state index contributed by atoms with van der Waals surface area (Å²) in [5, 5.41) is 5.64. The average molecular weight is 349 g/mol. The van der Waals surface area contributed by atoms with Gasteiger partial charge in [-0.3, -0.25) is 4.79 Å². The molecule has 3 nitrogen and oxygen atoms in total. The van der Waals surface area contributed by atoms with Gasteiger partial charge in [0, 0.05) is 16.4 Å². The van der Waals surface area contributed by atoms with Crippen LogP contribution in [0.5, 0.6) is 0 Å². The third kappa shape index (κ3) is 3.74. The van der Waals surface area contributed by atoms with Crippen molar-refractivity contribution in [3.8, 4) is 10.6 Å². The fourth-order valence-corrected chi connectivity index (χ4v) is 3.73. The molecule has 1 aromatic carbocycles. The van der Waals surface area contributed by atoms with Gasteiger partial charge in [0.05, 0.1) is 22.5 Å².